The number of ether oxygens (including phenoxy) is 1. The van der Waals surface area contributed by atoms with Gasteiger partial charge in [0.15, 0.2) is 0 Å². The molecule has 2 unspecified atom stereocenters. The van der Waals surface area contributed by atoms with E-state index < -0.39 is 0 Å². The summed E-state index contributed by atoms with van der Waals surface area (Å²) < 4.78 is 5.66. The molecule has 12 heavy (non-hydrogen) atoms. The molecule has 1 heterocycles. The van der Waals surface area contributed by atoms with Gasteiger partial charge in [-0.15, -0.1) is 6.58 Å². The summed E-state index contributed by atoms with van der Waals surface area (Å²) in [6.45, 7) is 6.66. The third kappa shape index (κ3) is 1.86. The van der Waals surface area contributed by atoms with Gasteiger partial charge >= 0.3 is 0 Å². The van der Waals surface area contributed by atoms with Crippen molar-refractivity contribution in [2.45, 2.75) is 37.8 Å². The smallest absolute Gasteiger partial charge is 0.0824 e. The number of nitrogens with two attached hydrogens (primary N) is 1. The highest BCUT2D eigenvalue weighted by Crippen LogP contribution is 2.29. The van der Waals surface area contributed by atoms with Crippen LogP contribution in [-0.4, -0.2) is 18.2 Å². The summed E-state index contributed by atoms with van der Waals surface area (Å²) in [6, 6.07) is 0.192. The molecule has 1 fully saturated rings. The van der Waals surface area contributed by atoms with Crippen LogP contribution < -0.4 is 11.3 Å². The van der Waals surface area contributed by atoms with E-state index in [9.17, 15) is 0 Å². The van der Waals surface area contributed by atoms with E-state index in [2.05, 4.69) is 18.9 Å². The molecule has 0 radical (unpaired) electrons. The predicted octanol–water partition coefficient (Wildman–Crippen LogP) is 0.963. The van der Waals surface area contributed by atoms with Crippen LogP contribution in [0.3, 0.4) is 0 Å². The van der Waals surface area contributed by atoms with Crippen molar-refractivity contribution in [2.75, 3.05) is 6.61 Å². The zero-order valence-corrected chi connectivity index (χ0v) is 7.68. The summed E-state index contributed by atoms with van der Waals surface area (Å²) in [6.07, 6.45) is 4.94. The molecule has 2 atom stereocenters. The second kappa shape index (κ2) is 4.03. The van der Waals surface area contributed by atoms with Crippen molar-refractivity contribution in [3.63, 3.8) is 0 Å². The molecule has 0 spiro atoms. The Hall–Kier alpha value is -0.380. The van der Waals surface area contributed by atoms with E-state index in [4.69, 9.17) is 10.6 Å². The highest BCUT2D eigenvalue weighted by molar-refractivity contribution is 4.94. The fraction of sp³-hybridized carbons (Fsp3) is 0.778. The normalized spacial score (nSPS) is 31.8. The van der Waals surface area contributed by atoms with Crippen molar-refractivity contribution < 1.29 is 4.74 Å². The zero-order chi connectivity index (χ0) is 9.03. The standard InChI is InChI=1S/C9H18N2O/c1-3-5-8(11-10)9(2)6-4-7-12-9/h3,8,11H,1,4-7,10H2,2H3. The highest BCUT2D eigenvalue weighted by atomic mass is 16.5. The molecular formula is C9H18N2O. The van der Waals surface area contributed by atoms with Crippen molar-refractivity contribution in [3.8, 4) is 0 Å². The number of nitrogens with one attached hydrogen (secondary N) is 1. The van der Waals surface area contributed by atoms with Crippen LogP contribution in [0.25, 0.3) is 0 Å². The zero-order valence-electron chi connectivity index (χ0n) is 7.68. The summed E-state index contributed by atoms with van der Waals surface area (Å²) in [4.78, 5) is 0. The van der Waals surface area contributed by atoms with E-state index in [1.807, 2.05) is 6.08 Å². The molecule has 70 valence electrons. The molecule has 1 aliphatic rings. The van der Waals surface area contributed by atoms with Gasteiger partial charge < -0.3 is 4.74 Å². The van der Waals surface area contributed by atoms with Crippen LogP contribution in [0.1, 0.15) is 26.2 Å². The van der Waals surface area contributed by atoms with Gasteiger partial charge in [-0.25, -0.2) is 0 Å². The lowest BCUT2D eigenvalue weighted by molar-refractivity contribution is -0.0107. The molecule has 3 nitrogen and oxygen atoms in total. The first-order valence-electron chi connectivity index (χ1n) is 4.44. The third-order valence-corrected chi connectivity index (χ3v) is 2.59. The first kappa shape index (κ1) is 9.71. The average molecular weight is 170 g/mol. The molecule has 3 heteroatoms. The Kier molecular flexibility index (Phi) is 3.26. The van der Waals surface area contributed by atoms with Gasteiger partial charge in [-0.1, -0.05) is 6.08 Å². The summed E-state index contributed by atoms with van der Waals surface area (Å²) in [5.41, 5.74) is 2.69. The first-order valence-corrected chi connectivity index (χ1v) is 4.44. The molecule has 1 rings (SSSR count). The maximum atomic E-state index is 5.66. The molecule has 0 aromatic heterocycles. The van der Waals surface area contributed by atoms with Gasteiger partial charge in [-0.05, 0) is 26.2 Å². The number of hydrogen-bond acceptors (Lipinski definition) is 3. The molecule has 0 aliphatic carbocycles. The fourth-order valence-electron chi connectivity index (χ4n) is 1.74. The van der Waals surface area contributed by atoms with Crippen molar-refractivity contribution in [1.82, 2.24) is 5.43 Å². The van der Waals surface area contributed by atoms with Gasteiger partial charge in [0.25, 0.3) is 0 Å². The SMILES string of the molecule is C=CCC(NN)C1(C)CCCO1. The molecule has 1 aliphatic heterocycles. The van der Waals surface area contributed by atoms with E-state index in [1.54, 1.807) is 0 Å². The van der Waals surface area contributed by atoms with E-state index in [-0.39, 0.29) is 11.6 Å². The minimum absolute atomic E-state index is 0.0943. The Morgan fingerprint density at radius 2 is 2.58 bits per heavy atom. The van der Waals surface area contributed by atoms with Crippen LogP contribution in [0.4, 0.5) is 0 Å². The molecule has 0 aromatic rings. The lowest BCUT2D eigenvalue weighted by Crippen LogP contribution is -2.51. The van der Waals surface area contributed by atoms with Gasteiger partial charge in [0, 0.05) is 6.61 Å². The molecule has 0 saturated carbocycles. The van der Waals surface area contributed by atoms with Crippen LogP contribution >= 0.6 is 0 Å². The van der Waals surface area contributed by atoms with Crippen molar-refractivity contribution in [1.29, 1.82) is 0 Å². The van der Waals surface area contributed by atoms with Gasteiger partial charge in [0.1, 0.15) is 0 Å². The van der Waals surface area contributed by atoms with Crippen molar-refractivity contribution in [2.24, 2.45) is 5.84 Å². The molecule has 1 saturated heterocycles. The first-order chi connectivity index (χ1) is 5.73. The number of hydrogen-bond donors (Lipinski definition) is 2. The molecule has 0 amide bonds. The summed E-state index contributed by atoms with van der Waals surface area (Å²) in [7, 11) is 0. The minimum Gasteiger partial charge on any atom is -0.374 e. The molecular weight excluding hydrogens is 152 g/mol. The predicted molar refractivity (Wildman–Crippen MR) is 49.5 cm³/mol. The Morgan fingerprint density at radius 1 is 1.83 bits per heavy atom. The van der Waals surface area contributed by atoms with Crippen molar-refractivity contribution in [3.05, 3.63) is 12.7 Å². The lowest BCUT2D eigenvalue weighted by Gasteiger charge is -2.32. The van der Waals surface area contributed by atoms with Crippen LogP contribution in [0, 0.1) is 0 Å². The van der Waals surface area contributed by atoms with Crippen LogP contribution in [-0.2, 0) is 4.74 Å². The lowest BCUT2D eigenvalue weighted by atomic mass is 9.91. The Labute approximate surface area is 73.9 Å². The van der Waals surface area contributed by atoms with Crippen molar-refractivity contribution >= 4 is 0 Å². The number of rotatable bonds is 4. The monoisotopic (exact) mass is 170 g/mol. The van der Waals surface area contributed by atoms with Gasteiger partial charge in [0.05, 0.1) is 11.6 Å². The molecule has 3 N–H and O–H groups in total. The summed E-state index contributed by atoms with van der Waals surface area (Å²) in [5, 5.41) is 0. The summed E-state index contributed by atoms with van der Waals surface area (Å²) >= 11 is 0. The van der Waals surface area contributed by atoms with E-state index in [0.717, 1.165) is 25.9 Å². The maximum Gasteiger partial charge on any atom is 0.0824 e. The fourth-order valence-corrected chi connectivity index (χ4v) is 1.74. The van der Waals surface area contributed by atoms with E-state index in [0.29, 0.717) is 0 Å². The number of hydrazine groups is 1. The van der Waals surface area contributed by atoms with Gasteiger partial charge in [-0.2, -0.15) is 0 Å². The van der Waals surface area contributed by atoms with Crippen LogP contribution in [0.15, 0.2) is 12.7 Å². The second-order valence-electron chi connectivity index (χ2n) is 3.51. The van der Waals surface area contributed by atoms with E-state index >= 15 is 0 Å². The Morgan fingerprint density at radius 3 is 3.00 bits per heavy atom. The van der Waals surface area contributed by atoms with Crippen LogP contribution in [0.2, 0.25) is 0 Å². The topological polar surface area (TPSA) is 47.3 Å². The van der Waals surface area contributed by atoms with Gasteiger partial charge in [0.2, 0.25) is 0 Å². The largest absolute Gasteiger partial charge is 0.374 e. The highest BCUT2D eigenvalue weighted by Gasteiger charge is 2.36. The summed E-state index contributed by atoms with van der Waals surface area (Å²) in [5.74, 6) is 5.45. The molecule has 0 bridgehead atoms. The van der Waals surface area contributed by atoms with Crippen LogP contribution in [0.5, 0.6) is 0 Å². The van der Waals surface area contributed by atoms with Gasteiger partial charge in [-0.3, -0.25) is 11.3 Å². The second-order valence-corrected chi connectivity index (χ2v) is 3.51. The maximum absolute atomic E-state index is 5.66. The average Bonchev–Trinajstić information content (AvgIpc) is 2.49. The van der Waals surface area contributed by atoms with E-state index in [1.165, 1.54) is 0 Å². The molecule has 0 aromatic carbocycles. The quantitative estimate of drug-likeness (QED) is 0.375. The minimum atomic E-state index is -0.0943. The third-order valence-electron chi connectivity index (χ3n) is 2.59. The Bertz CT molecular complexity index is 153. The Balaban J connectivity index is 2.55.